The molecule has 0 bridgehead atoms. The Bertz CT molecular complexity index is 666. The third kappa shape index (κ3) is 5.28. The number of carbonyl (C=O) groups excluding carboxylic acids is 3. The summed E-state index contributed by atoms with van der Waals surface area (Å²) >= 11 is 0. The summed E-state index contributed by atoms with van der Waals surface area (Å²) in [6.45, 7) is 7.62. The fourth-order valence-corrected chi connectivity index (χ4v) is 3.49. The molecule has 0 aliphatic carbocycles. The van der Waals surface area contributed by atoms with Gasteiger partial charge in [-0.3, -0.25) is 14.4 Å². The number of nitrogens with one attached hydrogen (secondary N) is 1. The number of carbonyl (C=O) groups is 3. The summed E-state index contributed by atoms with van der Waals surface area (Å²) in [7, 11) is 0. The highest BCUT2D eigenvalue weighted by Crippen LogP contribution is 2.23. The van der Waals surface area contributed by atoms with Crippen LogP contribution in [0.4, 0.5) is 4.39 Å². The summed E-state index contributed by atoms with van der Waals surface area (Å²) in [5.41, 5.74) is 0.315. The molecule has 1 fully saturated rings. The van der Waals surface area contributed by atoms with Crippen LogP contribution in [0.2, 0.25) is 0 Å². The Balaban J connectivity index is 2.17. The van der Waals surface area contributed by atoms with Crippen molar-refractivity contribution in [2.75, 3.05) is 26.2 Å². The van der Waals surface area contributed by atoms with Crippen LogP contribution in [0.25, 0.3) is 0 Å². The van der Waals surface area contributed by atoms with Crippen molar-refractivity contribution in [1.29, 1.82) is 0 Å². The smallest absolute Gasteiger partial charge is 0.251 e. The Kier molecular flexibility index (Phi) is 7.33. The van der Waals surface area contributed by atoms with Gasteiger partial charge in [-0.2, -0.15) is 0 Å². The molecule has 7 heteroatoms. The highest BCUT2D eigenvalue weighted by Gasteiger charge is 2.35. The van der Waals surface area contributed by atoms with Crippen LogP contribution >= 0.6 is 0 Å². The second kappa shape index (κ2) is 9.48. The van der Waals surface area contributed by atoms with Gasteiger partial charge in [-0.05, 0) is 56.9 Å². The Labute approximate surface area is 159 Å². The van der Waals surface area contributed by atoms with E-state index in [-0.39, 0.29) is 17.7 Å². The van der Waals surface area contributed by atoms with Crippen molar-refractivity contribution in [2.45, 2.75) is 39.7 Å². The number of benzene rings is 1. The van der Waals surface area contributed by atoms with Crippen LogP contribution < -0.4 is 5.32 Å². The highest BCUT2D eigenvalue weighted by molar-refractivity contribution is 5.97. The van der Waals surface area contributed by atoms with E-state index in [4.69, 9.17) is 0 Å². The van der Waals surface area contributed by atoms with Gasteiger partial charge in [0, 0.05) is 38.7 Å². The van der Waals surface area contributed by atoms with Gasteiger partial charge in [0.05, 0.1) is 0 Å². The van der Waals surface area contributed by atoms with E-state index in [2.05, 4.69) is 5.32 Å². The van der Waals surface area contributed by atoms with Crippen molar-refractivity contribution in [2.24, 2.45) is 5.92 Å². The lowest BCUT2D eigenvalue weighted by Crippen LogP contribution is -2.54. The minimum Gasteiger partial charge on any atom is -0.343 e. The summed E-state index contributed by atoms with van der Waals surface area (Å²) in [5, 5.41) is 2.86. The van der Waals surface area contributed by atoms with Gasteiger partial charge in [0.25, 0.3) is 5.91 Å². The van der Waals surface area contributed by atoms with E-state index in [1.54, 1.807) is 9.80 Å². The minimum absolute atomic E-state index is 0.0235. The first-order valence-corrected chi connectivity index (χ1v) is 9.48. The molecule has 148 valence electrons. The monoisotopic (exact) mass is 377 g/mol. The number of rotatable bonds is 6. The number of amides is 3. The zero-order valence-corrected chi connectivity index (χ0v) is 16.2. The van der Waals surface area contributed by atoms with E-state index in [0.29, 0.717) is 44.6 Å². The van der Waals surface area contributed by atoms with Crippen molar-refractivity contribution >= 4 is 17.7 Å². The van der Waals surface area contributed by atoms with Gasteiger partial charge in [0.1, 0.15) is 11.9 Å². The lowest BCUT2D eigenvalue weighted by molar-refractivity contribution is -0.135. The van der Waals surface area contributed by atoms with Crippen LogP contribution in [0.5, 0.6) is 0 Å². The molecule has 1 N–H and O–H groups in total. The molecule has 27 heavy (non-hydrogen) atoms. The molecule has 1 aromatic rings. The summed E-state index contributed by atoms with van der Waals surface area (Å²) < 4.78 is 13.1. The molecule has 2 rings (SSSR count). The first-order chi connectivity index (χ1) is 12.9. The Morgan fingerprint density at radius 1 is 1.15 bits per heavy atom. The molecule has 0 unspecified atom stereocenters. The van der Waals surface area contributed by atoms with Gasteiger partial charge in [0.15, 0.2) is 0 Å². The molecule has 1 heterocycles. The maximum absolute atomic E-state index is 13.1. The van der Waals surface area contributed by atoms with Crippen molar-refractivity contribution in [3.8, 4) is 0 Å². The Hall–Kier alpha value is -2.44. The van der Waals surface area contributed by atoms with Gasteiger partial charge in [-0.15, -0.1) is 0 Å². The average molecular weight is 377 g/mol. The molecule has 3 amide bonds. The summed E-state index contributed by atoms with van der Waals surface area (Å²) in [6, 6.07) is 4.60. The average Bonchev–Trinajstić information content (AvgIpc) is 2.67. The molecule has 1 aliphatic heterocycles. The lowest BCUT2D eigenvalue weighted by Gasteiger charge is -2.37. The molecular formula is C20H28FN3O3. The predicted octanol–water partition coefficient (Wildman–Crippen LogP) is 2.05. The molecule has 0 radical (unpaired) electrons. The topological polar surface area (TPSA) is 69.7 Å². The Morgan fingerprint density at radius 2 is 1.70 bits per heavy atom. The normalized spacial score (nSPS) is 15.9. The molecule has 0 aromatic heterocycles. The first kappa shape index (κ1) is 20.9. The number of likely N-dealkylation sites (tertiary alicyclic amines) is 1. The second-order valence-corrected chi connectivity index (χ2v) is 6.81. The number of halogens is 1. The largest absolute Gasteiger partial charge is 0.343 e. The van der Waals surface area contributed by atoms with Crippen LogP contribution in [-0.2, 0) is 9.59 Å². The van der Waals surface area contributed by atoms with E-state index >= 15 is 0 Å². The molecule has 0 spiro atoms. The minimum atomic E-state index is -0.656. The highest BCUT2D eigenvalue weighted by atomic mass is 19.1. The van der Waals surface area contributed by atoms with E-state index in [1.165, 1.54) is 31.2 Å². The van der Waals surface area contributed by atoms with Crippen molar-refractivity contribution in [1.82, 2.24) is 15.1 Å². The van der Waals surface area contributed by atoms with Gasteiger partial charge in [-0.1, -0.05) is 0 Å². The van der Waals surface area contributed by atoms with Crippen molar-refractivity contribution < 1.29 is 18.8 Å². The zero-order valence-electron chi connectivity index (χ0n) is 16.2. The van der Waals surface area contributed by atoms with Gasteiger partial charge >= 0.3 is 0 Å². The quantitative estimate of drug-likeness (QED) is 0.825. The van der Waals surface area contributed by atoms with Crippen LogP contribution in [-0.4, -0.2) is 59.7 Å². The molecule has 1 saturated heterocycles. The third-order valence-corrected chi connectivity index (χ3v) is 5.19. The third-order valence-electron chi connectivity index (χ3n) is 5.19. The first-order valence-electron chi connectivity index (χ1n) is 9.48. The van der Waals surface area contributed by atoms with E-state index in [1.807, 2.05) is 13.8 Å². The number of hydrogen-bond donors (Lipinski definition) is 1. The number of piperidine rings is 1. The fourth-order valence-electron chi connectivity index (χ4n) is 3.49. The van der Waals surface area contributed by atoms with Crippen LogP contribution in [0.15, 0.2) is 24.3 Å². The molecular weight excluding hydrogens is 349 g/mol. The predicted molar refractivity (Wildman–Crippen MR) is 101 cm³/mol. The number of nitrogens with zero attached hydrogens (tertiary/aromatic N) is 2. The van der Waals surface area contributed by atoms with E-state index in [0.717, 1.165) is 0 Å². The number of likely N-dealkylation sites (N-methyl/N-ethyl adjacent to an activating group) is 1. The molecule has 1 atom stereocenters. The lowest BCUT2D eigenvalue weighted by atomic mass is 9.88. The van der Waals surface area contributed by atoms with E-state index < -0.39 is 17.8 Å². The summed E-state index contributed by atoms with van der Waals surface area (Å²) in [6.07, 6.45) is 1.31. The van der Waals surface area contributed by atoms with Gasteiger partial charge in [-0.25, -0.2) is 4.39 Å². The van der Waals surface area contributed by atoms with Crippen LogP contribution in [0, 0.1) is 11.7 Å². The molecule has 1 aromatic carbocycles. The van der Waals surface area contributed by atoms with Gasteiger partial charge in [0.2, 0.25) is 11.8 Å². The number of hydrogen-bond acceptors (Lipinski definition) is 3. The summed E-state index contributed by atoms with van der Waals surface area (Å²) in [4.78, 5) is 40.6. The standard InChI is InChI=1S/C20H28FN3O3/c1-4-23(5-2)20(27)18(15-10-12-24(13-11-15)14(3)25)22-19(26)16-6-8-17(21)9-7-16/h6-9,15,18H,4-5,10-13H2,1-3H3,(H,22,26)/t18-/m1/s1. The van der Waals surface area contributed by atoms with Crippen molar-refractivity contribution in [3.05, 3.63) is 35.6 Å². The fraction of sp³-hybridized carbons (Fsp3) is 0.550. The van der Waals surface area contributed by atoms with E-state index in [9.17, 15) is 18.8 Å². The maximum atomic E-state index is 13.1. The molecule has 6 nitrogen and oxygen atoms in total. The second-order valence-electron chi connectivity index (χ2n) is 6.81. The van der Waals surface area contributed by atoms with Gasteiger partial charge < -0.3 is 15.1 Å². The van der Waals surface area contributed by atoms with Crippen LogP contribution in [0.1, 0.15) is 44.0 Å². The molecule has 1 aliphatic rings. The maximum Gasteiger partial charge on any atom is 0.251 e. The SMILES string of the molecule is CCN(CC)C(=O)[C@H](NC(=O)c1ccc(F)cc1)C1CCN(C(C)=O)CC1. The van der Waals surface area contributed by atoms with Crippen molar-refractivity contribution in [3.63, 3.8) is 0 Å². The Morgan fingerprint density at radius 3 is 2.19 bits per heavy atom. The molecule has 0 saturated carbocycles. The summed E-state index contributed by atoms with van der Waals surface area (Å²) in [5.74, 6) is -0.946. The van der Waals surface area contributed by atoms with Crippen LogP contribution in [0.3, 0.4) is 0 Å². The zero-order chi connectivity index (χ0) is 20.0.